The van der Waals surface area contributed by atoms with E-state index in [9.17, 15) is 4.79 Å². The number of nitrogens with zero attached hydrogens (tertiary/aromatic N) is 3. The van der Waals surface area contributed by atoms with Crippen molar-refractivity contribution >= 4 is 11.7 Å². The zero-order chi connectivity index (χ0) is 17.6. The number of carbonyl (C=O) groups excluding carboxylic acids is 1. The zero-order valence-electron chi connectivity index (χ0n) is 15.0. The Bertz CT molecular complexity index is 704. The Hall–Kier alpha value is -2.43. The minimum absolute atomic E-state index is 0.0644. The zero-order valence-corrected chi connectivity index (χ0v) is 15.0. The van der Waals surface area contributed by atoms with Gasteiger partial charge in [0.2, 0.25) is 0 Å². The van der Waals surface area contributed by atoms with Crippen LogP contribution >= 0.6 is 0 Å². The van der Waals surface area contributed by atoms with E-state index in [1.807, 2.05) is 43.3 Å². The Labute approximate surface area is 149 Å². The quantitative estimate of drug-likeness (QED) is 0.902. The van der Waals surface area contributed by atoms with Gasteiger partial charge in [0.25, 0.3) is 5.91 Å². The van der Waals surface area contributed by atoms with Gasteiger partial charge in [-0.05, 0) is 38.2 Å². The lowest BCUT2D eigenvalue weighted by atomic mass is 10.00. The molecule has 1 saturated heterocycles. The summed E-state index contributed by atoms with van der Waals surface area (Å²) in [6.07, 6.45) is 6.22. The highest BCUT2D eigenvalue weighted by Crippen LogP contribution is 2.25. The van der Waals surface area contributed by atoms with Crippen LogP contribution in [0.2, 0.25) is 0 Å². The summed E-state index contributed by atoms with van der Waals surface area (Å²) in [6, 6.07) is 12.2. The second kappa shape index (κ2) is 8.10. The van der Waals surface area contributed by atoms with E-state index in [1.54, 1.807) is 0 Å². The fraction of sp³-hybridized carbons (Fsp3) is 0.450. The highest BCUT2D eigenvalue weighted by Gasteiger charge is 2.23. The molecule has 0 radical (unpaired) electrons. The lowest BCUT2D eigenvalue weighted by Crippen LogP contribution is -2.40. The summed E-state index contributed by atoms with van der Waals surface area (Å²) in [5.41, 5.74) is 1.50. The number of benzene rings is 1. The van der Waals surface area contributed by atoms with Crippen LogP contribution in [0.1, 0.15) is 61.6 Å². The maximum atomic E-state index is 12.6. The van der Waals surface area contributed by atoms with Crippen LogP contribution < -0.4 is 10.2 Å². The fourth-order valence-corrected chi connectivity index (χ4v) is 3.45. The molecule has 1 N–H and O–H groups in total. The molecule has 1 fully saturated rings. The second-order valence-electron chi connectivity index (χ2n) is 6.62. The van der Waals surface area contributed by atoms with E-state index in [0.29, 0.717) is 11.7 Å². The summed E-state index contributed by atoms with van der Waals surface area (Å²) in [7, 11) is 0. The molecule has 0 bridgehead atoms. The Morgan fingerprint density at radius 3 is 2.84 bits per heavy atom. The predicted octanol–water partition coefficient (Wildman–Crippen LogP) is 3.74. The monoisotopic (exact) mass is 338 g/mol. The Morgan fingerprint density at radius 1 is 1.28 bits per heavy atom. The number of anilines is 1. The molecule has 3 rings (SSSR count). The summed E-state index contributed by atoms with van der Waals surface area (Å²) < 4.78 is 0. The van der Waals surface area contributed by atoms with Gasteiger partial charge < -0.3 is 10.2 Å². The van der Waals surface area contributed by atoms with Crippen LogP contribution in [0.15, 0.2) is 42.7 Å². The molecule has 2 aromatic rings. The number of hydrogen-bond acceptors (Lipinski definition) is 4. The van der Waals surface area contributed by atoms with E-state index < -0.39 is 0 Å². The third kappa shape index (κ3) is 4.16. The van der Waals surface area contributed by atoms with Crippen molar-refractivity contribution in [3.63, 3.8) is 0 Å². The molecule has 1 aliphatic rings. The fourth-order valence-electron chi connectivity index (χ4n) is 3.45. The minimum Gasteiger partial charge on any atom is -0.354 e. The molecule has 25 heavy (non-hydrogen) atoms. The third-order valence-electron chi connectivity index (χ3n) is 4.93. The number of hydrogen-bond donors (Lipinski definition) is 1. The molecule has 0 spiro atoms. The summed E-state index contributed by atoms with van der Waals surface area (Å²) in [6.45, 7) is 5.18. The lowest BCUT2D eigenvalue weighted by molar-refractivity contribution is 0.0934. The number of nitrogens with one attached hydrogen (secondary N) is 1. The Kier molecular flexibility index (Phi) is 5.64. The summed E-state index contributed by atoms with van der Waals surface area (Å²) in [5, 5.41) is 3.02. The average molecular weight is 338 g/mol. The van der Waals surface area contributed by atoms with Crippen molar-refractivity contribution in [2.24, 2.45) is 0 Å². The highest BCUT2D eigenvalue weighted by atomic mass is 16.1. The highest BCUT2D eigenvalue weighted by molar-refractivity contribution is 5.93. The van der Waals surface area contributed by atoms with Crippen molar-refractivity contribution < 1.29 is 4.79 Å². The summed E-state index contributed by atoms with van der Waals surface area (Å²) in [5.74, 6) is 0.698. The third-order valence-corrected chi connectivity index (χ3v) is 4.93. The van der Waals surface area contributed by atoms with Crippen LogP contribution in [0.3, 0.4) is 0 Å². The van der Waals surface area contributed by atoms with Crippen LogP contribution in [0.4, 0.5) is 5.82 Å². The van der Waals surface area contributed by atoms with Gasteiger partial charge in [0.1, 0.15) is 17.8 Å². The van der Waals surface area contributed by atoms with Gasteiger partial charge in [0, 0.05) is 18.7 Å². The maximum Gasteiger partial charge on any atom is 0.270 e. The van der Waals surface area contributed by atoms with Crippen molar-refractivity contribution in [1.82, 2.24) is 15.3 Å². The molecule has 5 heteroatoms. The summed E-state index contributed by atoms with van der Waals surface area (Å²) in [4.78, 5) is 23.5. The number of carbonyl (C=O) groups is 1. The standard InChI is InChI=1S/C20H26N4O/c1-3-17-11-7-8-12-24(17)19-13-18(21-14-22-19)20(25)23-15(2)16-9-5-4-6-10-16/h4-6,9-10,13-15,17H,3,7-8,11-12H2,1-2H3,(H,23,25). The number of rotatable bonds is 5. The van der Waals surface area contributed by atoms with E-state index in [-0.39, 0.29) is 11.9 Å². The number of aromatic nitrogens is 2. The second-order valence-corrected chi connectivity index (χ2v) is 6.62. The van der Waals surface area contributed by atoms with E-state index in [4.69, 9.17) is 0 Å². The predicted molar refractivity (Wildman–Crippen MR) is 99.6 cm³/mol. The van der Waals surface area contributed by atoms with Gasteiger partial charge in [-0.25, -0.2) is 9.97 Å². The van der Waals surface area contributed by atoms with Crippen LogP contribution in [0, 0.1) is 0 Å². The average Bonchev–Trinajstić information content (AvgIpc) is 2.68. The van der Waals surface area contributed by atoms with Crippen LogP contribution in [0.25, 0.3) is 0 Å². The molecule has 0 aliphatic carbocycles. The smallest absolute Gasteiger partial charge is 0.270 e. The topological polar surface area (TPSA) is 58.1 Å². The van der Waals surface area contributed by atoms with Gasteiger partial charge in [-0.2, -0.15) is 0 Å². The van der Waals surface area contributed by atoms with Crippen LogP contribution in [0.5, 0.6) is 0 Å². The van der Waals surface area contributed by atoms with E-state index in [0.717, 1.165) is 24.3 Å². The van der Waals surface area contributed by atoms with Crippen LogP contribution in [-0.4, -0.2) is 28.5 Å². The first-order valence-corrected chi connectivity index (χ1v) is 9.13. The first-order chi connectivity index (χ1) is 12.2. The van der Waals surface area contributed by atoms with Gasteiger partial charge in [0.15, 0.2) is 0 Å². The number of amides is 1. The molecular formula is C20H26N4O. The van der Waals surface area contributed by atoms with Crippen molar-refractivity contribution in [2.75, 3.05) is 11.4 Å². The molecule has 132 valence electrons. The first-order valence-electron chi connectivity index (χ1n) is 9.13. The van der Waals surface area contributed by atoms with Crippen molar-refractivity contribution in [3.8, 4) is 0 Å². The summed E-state index contributed by atoms with van der Waals surface area (Å²) >= 11 is 0. The van der Waals surface area contributed by atoms with Crippen molar-refractivity contribution in [1.29, 1.82) is 0 Å². The molecule has 5 nitrogen and oxygen atoms in total. The first kappa shape index (κ1) is 17.4. The Balaban J connectivity index is 1.73. The maximum absolute atomic E-state index is 12.6. The van der Waals surface area contributed by atoms with Gasteiger partial charge in [0.05, 0.1) is 6.04 Å². The molecular weight excluding hydrogens is 312 g/mol. The van der Waals surface area contributed by atoms with E-state index in [1.165, 1.54) is 25.6 Å². The molecule has 1 aliphatic heterocycles. The number of piperidine rings is 1. The SMILES string of the molecule is CCC1CCCCN1c1cc(C(=O)NC(C)c2ccccc2)ncn1. The lowest BCUT2D eigenvalue weighted by Gasteiger charge is -2.36. The van der Waals surface area contributed by atoms with Gasteiger partial charge >= 0.3 is 0 Å². The molecule has 2 heterocycles. The van der Waals surface area contributed by atoms with Gasteiger partial charge in [-0.3, -0.25) is 4.79 Å². The van der Waals surface area contributed by atoms with Gasteiger partial charge in [-0.1, -0.05) is 37.3 Å². The van der Waals surface area contributed by atoms with E-state index >= 15 is 0 Å². The van der Waals surface area contributed by atoms with Crippen molar-refractivity contribution in [3.05, 3.63) is 54.0 Å². The van der Waals surface area contributed by atoms with Crippen molar-refractivity contribution in [2.45, 2.75) is 51.6 Å². The normalized spacial score (nSPS) is 18.6. The van der Waals surface area contributed by atoms with Gasteiger partial charge in [-0.15, -0.1) is 0 Å². The molecule has 2 atom stereocenters. The molecule has 1 amide bonds. The Morgan fingerprint density at radius 2 is 2.08 bits per heavy atom. The van der Waals surface area contributed by atoms with E-state index in [2.05, 4.69) is 27.1 Å². The molecule has 1 aromatic carbocycles. The minimum atomic E-state index is -0.162. The molecule has 1 aromatic heterocycles. The van der Waals surface area contributed by atoms with Crippen LogP contribution in [-0.2, 0) is 0 Å². The molecule has 2 unspecified atom stereocenters. The largest absolute Gasteiger partial charge is 0.354 e. The molecule has 0 saturated carbocycles.